The molecule has 0 aliphatic rings. The molecule has 9 nitrogen and oxygen atoms in total. The molecule has 1 N–H and O–H groups in total. The quantitative estimate of drug-likeness (QED) is 0.269. The van der Waals surface area contributed by atoms with E-state index in [1.54, 1.807) is 37.8 Å². The first-order valence-corrected chi connectivity index (χ1v) is 11.2. The molecule has 0 atom stereocenters. The smallest absolute Gasteiger partial charge is 0.340 e. The lowest BCUT2D eigenvalue weighted by atomic mass is 10.2. The van der Waals surface area contributed by atoms with Crippen LogP contribution in [0, 0.1) is 0 Å². The van der Waals surface area contributed by atoms with E-state index < -0.39 is 5.97 Å². The fourth-order valence-electron chi connectivity index (χ4n) is 2.85. The third-order valence-electron chi connectivity index (χ3n) is 4.33. The highest BCUT2D eigenvalue weighted by atomic mass is 32.2. The Morgan fingerprint density at radius 1 is 1.19 bits per heavy atom. The number of nitrogens with zero attached hydrogens (tertiary/aromatic N) is 3. The molecule has 1 amide bonds. The maximum atomic E-state index is 12.5. The van der Waals surface area contributed by atoms with E-state index in [4.69, 9.17) is 14.2 Å². The molecule has 0 saturated carbocycles. The summed E-state index contributed by atoms with van der Waals surface area (Å²) in [5.74, 6) is 1.10. The van der Waals surface area contributed by atoms with Gasteiger partial charge in [0.1, 0.15) is 5.00 Å². The van der Waals surface area contributed by atoms with Gasteiger partial charge in [0, 0.05) is 12.1 Å². The number of thioether (sulfide) groups is 1. The van der Waals surface area contributed by atoms with Gasteiger partial charge in [0.15, 0.2) is 22.5 Å². The number of hydrogen-bond donors (Lipinski definition) is 1. The maximum absolute atomic E-state index is 12.5. The second kappa shape index (κ2) is 10.8. The van der Waals surface area contributed by atoms with Gasteiger partial charge in [-0.05, 0) is 29.6 Å². The Morgan fingerprint density at radius 2 is 1.97 bits per heavy atom. The number of hydrogen-bond acceptors (Lipinski definition) is 9. The first-order chi connectivity index (χ1) is 15.5. The van der Waals surface area contributed by atoms with Crippen LogP contribution in [0.15, 0.2) is 47.5 Å². The number of aromatic nitrogens is 3. The summed E-state index contributed by atoms with van der Waals surface area (Å²) < 4.78 is 17.2. The number of ether oxygens (including phenoxy) is 3. The van der Waals surface area contributed by atoms with E-state index in [0.717, 1.165) is 5.56 Å². The van der Waals surface area contributed by atoms with Crippen LogP contribution in [-0.4, -0.2) is 53.7 Å². The Kier molecular flexibility index (Phi) is 7.90. The molecule has 11 heteroatoms. The molecule has 32 heavy (non-hydrogen) atoms. The number of benzene rings is 1. The van der Waals surface area contributed by atoms with Crippen LogP contribution in [0.3, 0.4) is 0 Å². The van der Waals surface area contributed by atoms with Crippen LogP contribution in [0.5, 0.6) is 11.5 Å². The summed E-state index contributed by atoms with van der Waals surface area (Å²) >= 11 is 2.48. The van der Waals surface area contributed by atoms with E-state index in [0.29, 0.717) is 39.6 Å². The van der Waals surface area contributed by atoms with Crippen LogP contribution in [0.2, 0.25) is 0 Å². The number of carbonyl (C=O) groups is 2. The van der Waals surface area contributed by atoms with Gasteiger partial charge in [-0.25, -0.2) is 4.79 Å². The molecule has 3 aromatic rings. The number of allylic oxidation sites excluding steroid dienone is 1. The van der Waals surface area contributed by atoms with Gasteiger partial charge in [-0.15, -0.1) is 28.1 Å². The predicted octanol–water partition coefficient (Wildman–Crippen LogP) is 3.73. The molecule has 2 aromatic heterocycles. The molecule has 1 aromatic carbocycles. The molecule has 0 bridgehead atoms. The Labute approximate surface area is 193 Å². The second-order valence-electron chi connectivity index (χ2n) is 6.27. The number of amides is 1. The van der Waals surface area contributed by atoms with Crippen molar-refractivity contribution in [2.75, 3.05) is 32.4 Å². The van der Waals surface area contributed by atoms with Gasteiger partial charge in [-0.3, -0.25) is 9.36 Å². The number of thiophene rings is 1. The lowest BCUT2D eigenvalue weighted by molar-refractivity contribution is -0.113. The van der Waals surface area contributed by atoms with Crippen molar-refractivity contribution in [3.8, 4) is 22.9 Å². The summed E-state index contributed by atoms with van der Waals surface area (Å²) in [4.78, 5) is 24.2. The van der Waals surface area contributed by atoms with Crippen molar-refractivity contribution in [2.24, 2.45) is 0 Å². The number of nitrogens with one attached hydrogen (secondary N) is 1. The van der Waals surface area contributed by atoms with Crippen molar-refractivity contribution in [1.82, 2.24) is 14.8 Å². The Morgan fingerprint density at radius 3 is 2.66 bits per heavy atom. The van der Waals surface area contributed by atoms with Crippen LogP contribution >= 0.6 is 23.1 Å². The van der Waals surface area contributed by atoms with Crippen molar-refractivity contribution < 1.29 is 23.8 Å². The zero-order chi connectivity index (χ0) is 23.1. The first kappa shape index (κ1) is 23.4. The standard InChI is InChI=1S/C21H22N4O5S2/c1-5-9-25-18(13-6-7-15(28-2)16(11-13)29-3)23-24-21(25)32-12-17(26)22-19-14(8-10-31-19)20(27)30-4/h5-8,10-11H,1,9,12H2,2-4H3,(H,22,26). The number of methoxy groups -OCH3 is 3. The molecular weight excluding hydrogens is 452 g/mol. The minimum Gasteiger partial charge on any atom is -0.493 e. The average molecular weight is 475 g/mol. The largest absolute Gasteiger partial charge is 0.493 e. The van der Waals surface area contributed by atoms with E-state index in [-0.39, 0.29) is 11.7 Å². The van der Waals surface area contributed by atoms with Crippen molar-refractivity contribution in [3.05, 3.63) is 47.9 Å². The second-order valence-corrected chi connectivity index (χ2v) is 8.13. The summed E-state index contributed by atoms with van der Waals surface area (Å²) in [7, 11) is 4.43. The van der Waals surface area contributed by atoms with Gasteiger partial charge in [-0.2, -0.15) is 0 Å². The van der Waals surface area contributed by atoms with Crippen LogP contribution in [0.25, 0.3) is 11.4 Å². The van der Waals surface area contributed by atoms with Crippen LogP contribution in [-0.2, 0) is 16.1 Å². The highest BCUT2D eigenvalue weighted by molar-refractivity contribution is 7.99. The summed E-state index contributed by atoms with van der Waals surface area (Å²) in [6.45, 7) is 4.26. The minimum absolute atomic E-state index is 0.0831. The molecular formula is C21H22N4O5S2. The number of rotatable bonds is 10. The average Bonchev–Trinajstić information content (AvgIpc) is 3.44. The fraction of sp³-hybridized carbons (Fsp3) is 0.238. The van der Waals surface area contributed by atoms with Gasteiger partial charge in [0.25, 0.3) is 0 Å². The van der Waals surface area contributed by atoms with E-state index >= 15 is 0 Å². The van der Waals surface area contributed by atoms with Gasteiger partial charge in [0.2, 0.25) is 5.91 Å². The number of carbonyl (C=O) groups excluding carboxylic acids is 2. The summed E-state index contributed by atoms with van der Waals surface area (Å²) in [6.07, 6.45) is 1.73. The molecule has 0 radical (unpaired) electrons. The summed E-state index contributed by atoms with van der Waals surface area (Å²) in [6, 6.07) is 7.07. The number of anilines is 1. The maximum Gasteiger partial charge on any atom is 0.340 e. The molecule has 0 spiro atoms. The molecule has 0 unspecified atom stereocenters. The van der Waals surface area contributed by atoms with Gasteiger partial charge in [0.05, 0.1) is 32.6 Å². The topological polar surface area (TPSA) is 105 Å². The van der Waals surface area contributed by atoms with Crippen molar-refractivity contribution in [2.45, 2.75) is 11.7 Å². The SMILES string of the molecule is C=CCn1c(SCC(=O)Nc2sccc2C(=O)OC)nnc1-c1ccc(OC)c(OC)c1. The molecule has 2 heterocycles. The zero-order valence-electron chi connectivity index (χ0n) is 17.8. The van der Waals surface area contributed by atoms with Crippen molar-refractivity contribution >= 4 is 40.0 Å². The lowest BCUT2D eigenvalue weighted by Gasteiger charge is -2.11. The van der Waals surface area contributed by atoms with E-state index in [2.05, 4.69) is 22.1 Å². The van der Waals surface area contributed by atoms with E-state index in [9.17, 15) is 9.59 Å². The molecule has 0 fully saturated rings. The third kappa shape index (κ3) is 5.11. The van der Waals surface area contributed by atoms with Crippen LogP contribution in [0.1, 0.15) is 10.4 Å². The van der Waals surface area contributed by atoms with E-state index in [1.807, 2.05) is 16.7 Å². The molecule has 3 rings (SSSR count). The Bertz CT molecular complexity index is 1130. The Hall–Kier alpha value is -3.31. The van der Waals surface area contributed by atoms with Gasteiger partial charge >= 0.3 is 5.97 Å². The van der Waals surface area contributed by atoms with Gasteiger partial charge in [-0.1, -0.05) is 17.8 Å². The van der Waals surface area contributed by atoms with Crippen molar-refractivity contribution in [1.29, 1.82) is 0 Å². The number of esters is 1. The highest BCUT2D eigenvalue weighted by Crippen LogP contribution is 2.33. The Balaban J connectivity index is 1.76. The lowest BCUT2D eigenvalue weighted by Crippen LogP contribution is -2.16. The summed E-state index contributed by atoms with van der Waals surface area (Å²) in [5.41, 5.74) is 1.11. The van der Waals surface area contributed by atoms with Gasteiger partial charge < -0.3 is 19.5 Å². The van der Waals surface area contributed by atoms with Crippen LogP contribution < -0.4 is 14.8 Å². The zero-order valence-corrected chi connectivity index (χ0v) is 19.4. The fourth-order valence-corrected chi connectivity index (χ4v) is 4.39. The van der Waals surface area contributed by atoms with Crippen molar-refractivity contribution in [3.63, 3.8) is 0 Å². The molecule has 0 saturated heterocycles. The third-order valence-corrected chi connectivity index (χ3v) is 6.12. The highest BCUT2D eigenvalue weighted by Gasteiger charge is 2.19. The first-order valence-electron chi connectivity index (χ1n) is 9.37. The minimum atomic E-state index is -0.500. The molecule has 0 aliphatic heterocycles. The normalized spacial score (nSPS) is 10.5. The molecule has 0 aliphatic carbocycles. The monoisotopic (exact) mass is 474 g/mol. The van der Waals surface area contributed by atoms with Crippen LogP contribution in [0.4, 0.5) is 5.00 Å². The predicted molar refractivity (Wildman–Crippen MR) is 124 cm³/mol. The van der Waals surface area contributed by atoms with E-state index in [1.165, 1.54) is 30.2 Å². The molecule has 168 valence electrons. The summed E-state index contributed by atoms with van der Waals surface area (Å²) in [5, 5.41) is 14.0.